The molecule has 2 aliphatic heterocycles. The number of hydrogen-bond donors (Lipinski definition) is 2. The first-order valence-corrected chi connectivity index (χ1v) is 12.0. The van der Waals surface area contributed by atoms with Crippen LogP contribution in [-0.4, -0.2) is 44.5 Å². The third kappa shape index (κ3) is 5.03. The Balaban J connectivity index is 1.56. The zero-order chi connectivity index (χ0) is 22.0. The van der Waals surface area contributed by atoms with Gasteiger partial charge in [-0.15, -0.1) is 0 Å². The van der Waals surface area contributed by atoms with Crippen LogP contribution in [0.2, 0.25) is 0 Å². The molecule has 1 atom stereocenters. The fraction of sp³-hybridized carbons (Fsp3) is 0.500. The largest absolute Gasteiger partial charge is 0.463 e. The molecule has 1 aromatic carbocycles. The molecule has 9 heteroatoms. The third-order valence-corrected chi connectivity index (χ3v) is 6.50. The van der Waals surface area contributed by atoms with Gasteiger partial charge in [-0.2, -0.15) is 9.97 Å². The SMILES string of the molecule is CCCCOc1nc(N)c2c(n1)N(Cc1ccc3c(c1)CCN(C(C)I)C3)CC(=O)N2. The molecule has 1 unspecified atom stereocenters. The lowest BCUT2D eigenvalue weighted by Gasteiger charge is -2.32. The number of nitrogens with two attached hydrogens (primary N) is 1. The molecule has 2 aromatic rings. The van der Waals surface area contributed by atoms with Gasteiger partial charge in [0.05, 0.1) is 17.2 Å². The first-order valence-electron chi connectivity index (χ1n) is 10.8. The van der Waals surface area contributed by atoms with Crippen LogP contribution in [0.15, 0.2) is 18.2 Å². The number of benzene rings is 1. The van der Waals surface area contributed by atoms with E-state index in [2.05, 4.69) is 74.8 Å². The zero-order valence-corrected chi connectivity index (χ0v) is 20.2. The number of amides is 1. The van der Waals surface area contributed by atoms with Gasteiger partial charge in [-0.25, -0.2) is 0 Å². The number of anilines is 3. The van der Waals surface area contributed by atoms with Crippen LogP contribution in [0.5, 0.6) is 6.01 Å². The first-order chi connectivity index (χ1) is 14.9. The van der Waals surface area contributed by atoms with Crippen molar-refractivity contribution < 1.29 is 9.53 Å². The summed E-state index contributed by atoms with van der Waals surface area (Å²) in [6, 6.07) is 6.88. The Morgan fingerprint density at radius 3 is 2.90 bits per heavy atom. The Morgan fingerprint density at radius 1 is 1.29 bits per heavy atom. The number of carbonyl (C=O) groups excluding carboxylic acids is 1. The van der Waals surface area contributed by atoms with Crippen LogP contribution in [0, 0.1) is 0 Å². The summed E-state index contributed by atoms with van der Waals surface area (Å²) in [5, 5.41) is 2.81. The van der Waals surface area contributed by atoms with Gasteiger partial charge in [0.2, 0.25) is 5.91 Å². The molecule has 0 saturated heterocycles. The Bertz CT molecular complexity index is 967. The van der Waals surface area contributed by atoms with Crippen molar-refractivity contribution in [2.24, 2.45) is 0 Å². The van der Waals surface area contributed by atoms with Gasteiger partial charge in [0, 0.05) is 19.6 Å². The first kappa shape index (κ1) is 22.1. The van der Waals surface area contributed by atoms with E-state index in [0.717, 1.165) is 37.9 Å². The highest BCUT2D eigenvalue weighted by Gasteiger charge is 2.28. The van der Waals surface area contributed by atoms with Crippen LogP contribution in [0.3, 0.4) is 0 Å². The highest BCUT2D eigenvalue weighted by molar-refractivity contribution is 14.1. The fourth-order valence-electron chi connectivity index (χ4n) is 3.97. The quantitative estimate of drug-likeness (QED) is 0.243. The average molecular weight is 536 g/mol. The van der Waals surface area contributed by atoms with Crippen molar-refractivity contribution in [2.75, 3.05) is 35.6 Å². The van der Waals surface area contributed by atoms with E-state index in [1.165, 1.54) is 11.1 Å². The summed E-state index contributed by atoms with van der Waals surface area (Å²) in [5.41, 5.74) is 10.5. The molecule has 8 nitrogen and oxygen atoms in total. The normalized spacial score (nSPS) is 17.0. The Hall–Kier alpha value is -2.14. The van der Waals surface area contributed by atoms with Crippen molar-refractivity contribution in [3.63, 3.8) is 0 Å². The van der Waals surface area contributed by atoms with Crippen LogP contribution in [-0.2, 0) is 24.3 Å². The molecule has 4 rings (SSSR count). The van der Waals surface area contributed by atoms with Gasteiger partial charge in [0.15, 0.2) is 11.6 Å². The highest BCUT2D eigenvalue weighted by atomic mass is 127. The van der Waals surface area contributed by atoms with Crippen molar-refractivity contribution in [3.05, 3.63) is 34.9 Å². The third-order valence-electron chi connectivity index (χ3n) is 5.71. The number of halogens is 1. The van der Waals surface area contributed by atoms with Gasteiger partial charge in [-0.3, -0.25) is 9.69 Å². The van der Waals surface area contributed by atoms with E-state index < -0.39 is 0 Å². The molecular weight excluding hydrogens is 507 g/mol. The fourth-order valence-corrected chi connectivity index (χ4v) is 4.45. The molecule has 1 aromatic heterocycles. The van der Waals surface area contributed by atoms with E-state index in [9.17, 15) is 4.79 Å². The van der Waals surface area contributed by atoms with E-state index in [-0.39, 0.29) is 24.3 Å². The van der Waals surface area contributed by atoms with Crippen LogP contribution >= 0.6 is 22.6 Å². The van der Waals surface area contributed by atoms with Gasteiger partial charge >= 0.3 is 6.01 Å². The standard InChI is InChI=1S/C22H29IN6O2/c1-3-4-9-31-22-26-20(24)19-21(27-22)29(13-18(30)25-19)11-15-5-6-17-12-28(14(2)23)8-7-16(17)10-15/h5-6,10,14H,3-4,7-9,11-13H2,1-2H3,(H,25,30)(H2,24,26,27). The molecule has 166 valence electrons. The van der Waals surface area contributed by atoms with E-state index in [0.29, 0.717) is 28.7 Å². The monoisotopic (exact) mass is 536 g/mol. The maximum absolute atomic E-state index is 12.3. The summed E-state index contributed by atoms with van der Waals surface area (Å²) in [7, 11) is 0. The zero-order valence-electron chi connectivity index (χ0n) is 18.0. The molecule has 3 heterocycles. The van der Waals surface area contributed by atoms with Gasteiger partial charge in [-0.1, -0.05) is 54.1 Å². The van der Waals surface area contributed by atoms with Gasteiger partial charge in [-0.05, 0) is 36.5 Å². The second kappa shape index (κ2) is 9.56. The summed E-state index contributed by atoms with van der Waals surface area (Å²) >= 11 is 2.47. The number of alkyl halides is 1. The molecule has 2 aliphatic rings. The number of hydrogen-bond acceptors (Lipinski definition) is 7. The lowest BCUT2D eigenvalue weighted by Crippen LogP contribution is -2.39. The molecule has 0 radical (unpaired) electrons. The number of aromatic nitrogens is 2. The minimum atomic E-state index is -0.118. The summed E-state index contributed by atoms with van der Waals surface area (Å²) in [4.78, 5) is 25.5. The van der Waals surface area contributed by atoms with Gasteiger partial charge in [0.25, 0.3) is 0 Å². The maximum atomic E-state index is 12.3. The van der Waals surface area contributed by atoms with Crippen molar-refractivity contribution in [1.82, 2.24) is 14.9 Å². The summed E-state index contributed by atoms with van der Waals surface area (Å²) in [5.74, 6) is 0.723. The molecule has 3 N–H and O–H groups in total. The number of ether oxygens (including phenoxy) is 1. The average Bonchev–Trinajstić information content (AvgIpc) is 2.74. The molecule has 31 heavy (non-hydrogen) atoms. The molecule has 0 fully saturated rings. The number of fused-ring (bicyclic) bond motifs is 2. The van der Waals surface area contributed by atoms with E-state index in [1.807, 2.05) is 4.90 Å². The summed E-state index contributed by atoms with van der Waals surface area (Å²) in [6.45, 7) is 7.71. The smallest absolute Gasteiger partial charge is 0.320 e. The molecule has 0 spiro atoms. The van der Waals surface area contributed by atoms with Crippen molar-refractivity contribution in [1.29, 1.82) is 0 Å². The predicted octanol–water partition coefficient (Wildman–Crippen LogP) is 3.34. The number of nitrogen functional groups attached to an aromatic ring is 1. The number of rotatable bonds is 7. The Labute approximate surface area is 196 Å². The van der Waals surface area contributed by atoms with Crippen LogP contribution in [0.25, 0.3) is 0 Å². The second-order valence-corrected chi connectivity index (χ2v) is 9.90. The van der Waals surface area contributed by atoms with Crippen molar-refractivity contribution in [2.45, 2.75) is 50.2 Å². The highest BCUT2D eigenvalue weighted by Crippen LogP contribution is 2.34. The predicted molar refractivity (Wildman–Crippen MR) is 131 cm³/mol. The van der Waals surface area contributed by atoms with E-state index in [4.69, 9.17) is 10.5 Å². The van der Waals surface area contributed by atoms with Crippen LogP contribution in [0.4, 0.5) is 17.3 Å². The van der Waals surface area contributed by atoms with E-state index in [1.54, 1.807) is 0 Å². The maximum Gasteiger partial charge on any atom is 0.320 e. The van der Waals surface area contributed by atoms with E-state index >= 15 is 0 Å². The van der Waals surface area contributed by atoms with Crippen molar-refractivity contribution >= 4 is 45.8 Å². The molecule has 0 bridgehead atoms. The molecular formula is C22H29IN6O2. The van der Waals surface area contributed by atoms with Crippen LogP contribution < -0.4 is 20.7 Å². The Kier molecular flexibility index (Phi) is 6.80. The number of unbranched alkanes of at least 4 members (excludes halogenated alkanes) is 1. The number of nitrogens with zero attached hydrogens (tertiary/aromatic N) is 4. The summed E-state index contributed by atoms with van der Waals surface area (Å²) < 4.78 is 6.20. The van der Waals surface area contributed by atoms with Crippen LogP contribution in [0.1, 0.15) is 43.4 Å². The van der Waals surface area contributed by atoms with Crippen molar-refractivity contribution in [3.8, 4) is 6.01 Å². The van der Waals surface area contributed by atoms with Gasteiger partial charge < -0.3 is 20.7 Å². The lowest BCUT2D eigenvalue weighted by molar-refractivity contribution is -0.115. The minimum Gasteiger partial charge on any atom is -0.463 e. The molecule has 0 saturated carbocycles. The number of nitrogens with one attached hydrogen (secondary N) is 1. The summed E-state index contributed by atoms with van der Waals surface area (Å²) in [6.07, 6.45) is 2.98. The number of carbonyl (C=O) groups is 1. The Morgan fingerprint density at radius 2 is 2.13 bits per heavy atom. The molecule has 0 aliphatic carbocycles. The second-order valence-electron chi connectivity index (χ2n) is 8.09. The lowest BCUT2D eigenvalue weighted by atomic mass is 9.97. The molecule has 1 amide bonds. The van der Waals surface area contributed by atoms with Gasteiger partial charge in [0.1, 0.15) is 5.69 Å². The minimum absolute atomic E-state index is 0.118. The topological polar surface area (TPSA) is 96.6 Å².